The Morgan fingerprint density at radius 2 is 2.14 bits per heavy atom. The van der Waals surface area contributed by atoms with Crippen LogP contribution in [0.4, 0.5) is 0 Å². The van der Waals surface area contributed by atoms with Crippen molar-refractivity contribution in [3.63, 3.8) is 0 Å². The Hall–Kier alpha value is -1.13. The van der Waals surface area contributed by atoms with Crippen molar-refractivity contribution in [2.24, 2.45) is 5.41 Å². The van der Waals surface area contributed by atoms with E-state index in [4.69, 9.17) is 4.74 Å². The average molecular weight is 304 g/mol. The molecule has 4 nitrogen and oxygen atoms in total. The highest BCUT2D eigenvalue weighted by molar-refractivity contribution is 5.84. The molecule has 3 rings (SSSR count). The second-order valence-corrected chi connectivity index (χ2v) is 6.86. The molecule has 22 heavy (non-hydrogen) atoms. The van der Waals surface area contributed by atoms with Crippen LogP contribution in [0.1, 0.15) is 38.5 Å². The van der Waals surface area contributed by atoms with Crippen molar-refractivity contribution < 1.29 is 9.53 Å². The average Bonchev–Trinajstić information content (AvgIpc) is 2.55. The molecule has 3 aliphatic rings. The fourth-order valence-corrected chi connectivity index (χ4v) is 4.14. The Kier molecular flexibility index (Phi) is 4.99. The van der Waals surface area contributed by atoms with Crippen molar-refractivity contribution in [3.05, 3.63) is 23.3 Å². The summed E-state index contributed by atoms with van der Waals surface area (Å²) in [5, 5.41) is 3.39. The van der Waals surface area contributed by atoms with Gasteiger partial charge in [-0.1, -0.05) is 12.2 Å². The third kappa shape index (κ3) is 3.13. The van der Waals surface area contributed by atoms with Gasteiger partial charge < -0.3 is 15.0 Å². The predicted octanol–water partition coefficient (Wildman–Crippen LogP) is 2.27. The number of amides is 1. The van der Waals surface area contributed by atoms with E-state index in [1.165, 1.54) is 11.1 Å². The van der Waals surface area contributed by atoms with E-state index in [1.54, 1.807) is 7.11 Å². The van der Waals surface area contributed by atoms with Gasteiger partial charge in [0, 0.05) is 20.2 Å². The van der Waals surface area contributed by atoms with E-state index in [1.807, 2.05) is 0 Å². The standard InChI is InChI=1S/C18H28N2O2/c1-22-14-16-6-3-2-5-15(16)13-20-12-4-7-18(17(20)21)8-10-19-11-9-18/h2,5,19H,3-4,6-14H2,1H3. The van der Waals surface area contributed by atoms with Crippen molar-refractivity contribution in [3.8, 4) is 0 Å². The summed E-state index contributed by atoms with van der Waals surface area (Å²) in [4.78, 5) is 15.2. The molecule has 1 aliphatic carbocycles. The van der Waals surface area contributed by atoms with E-state index in [-0.39, 0.29) is 5.41 Å². The lowest BCUT2D eigenvalue weighted by atomic mass is 9.72. The van der Waals surface area contributed by atoms with Crippen molar-refractivity contribution in [1.82, 2.24) is 10.2 Å². The zero-order valence-corrected chi connectivity index (χ0v) is 13.7. The predicted molar refractivity (Wildman–Crippen MR) is 87.6 cm³/mol. The first-order valence-electron chi connectivity index (χ1n) is 8.62. The fourth-order valence-electron chi connectivity index (χ4n) is 4.14. The summed E-state index contributed by atoms with van der Waals surface area (Å²) >= 11 is 0. The highest BCUT2D eigenvalue weighted by Gasteiger charge is 2.44. The Morgan fingerprint density at radius 1 is 1.32 bits per heavy atom. The van der Waals surface area contributed by atoms with Gasteiger partial charge in [0.1, 0.15) is 0 Å². The van der Waals surface area contributed by atoms with Gasteiger partial charge in [0.05, 0.1) is 12.0 Å². The van der Waals surface area contributed by atoms with Crippen LogP contribution in [-0.4, -0.2) is 50.7 Å². The summed E-state index contributed by atoms with van der Waals surface area (Å²) in [5.74, 6) is 0.392. The van der Waals surface area contributed by atoms with Crippen molar-refractivity contribution >= 4 is 5.91 Å². The Labute approximate surface area is 133 Å². The van der Waals surface area contributed by atoms with Gasteiger partial charge in [0.25, 0.3) is 0 Å². The molecule has 122 valence electrons. The van der Waals surface area contributed by atoms with Crippen LogP contribution in [-0.2, 0) is 9.53 Å². The highest BCUT2D eigenvalue weighted by Crippen LogP contribution is 2.39. The molecule has 0 unspecified atom stereocenters. The number of likely N-dealkylation sites (tertiary alicyclic amines) is 1. The first-order chi connectivity index (χ1) is 10.7. The second kappa shape index (κ2) is 6.97. The minimum absolute atomic E-state index is 0.0795. The molecule has 2 saturated heterocycles. The number of piperidine rings is 2. The largest absolute Gasteiger partial charge is 0.380 e. The molecule has 0 saturated carbocycles. The molecular weight excluding hydrogens is 276 g/mol. The van der Waals surface area contributed by atoms with Crippen LogP contribution in [0.25, 0.3) is 0 Å². The number of allylic oxidation sites excluding steroid dienone is 1. The van der Waals surface area contributed by atoms with Crippen LogP contribution in [0.5, 0.6) is 0 Å². The monoisotopic (exact) mass is 304 g/mol. The van der Waals surface area contributed by atoms with Gasteiger partial charge in [0.15, 0.2) is 0 Å². The molecule has 0 bridgehead atoms. The molecule has 0 aromatic rings. The third-order valence-electron chi connectivity index (χ3n) is 5.45. The Bertz CT molecular complexity index is 470. The maximum absolute atomic E-state index is 13.1. The lowest BCUT2D eigenvalue weighted by Gasteiger charge is -2.44. The van der Waals surface area contributed by atoms with Crippen LogP contribution in [0.3, 0.4) is 0 Å². The van der Waals surface area contributed by atoms with Gasteiger partial charge in [-0.3, -0.25) is 4.79 Å². The smallest absolute Gasteiger partial charge is 0.229 e. The molecule has 0 atom stereocenters. The zero-order valence-electron chi connectivity index (χ0n) is 13.7. The first kappa shape index (κ1) is 15.8. The van der Waals surface area contributed by atoms with Crippen molar-refractivity contribution in [2.75, 3.05) is 39.9 Å². The number of hydrogen-bond acceptors (Lipinski definition) is 3. The van der Waals surface area contributed by atoms with Crippen LogP contribution in [0.15, 0.2) is 23.3 Å². The molecule has 2 fully saturated rings. The lowest BCUT2D eigenvalue weighted by Crippen LogP contribution is -2.53. The third-order valence-corrected chi connectivity index (χ3v) is 5.45. The molecule has 0 aromatic heterocycles. The number of hydrogen-bond donors (Lipinski definition) is 1. The molecule has 2 heterocycles. The molecule has 2 aliphatic heterocycles. The van der Waals surface area contributed by atoms with Gasteiger partial charge in [-0.05, 0) is 62.8 Å². The number of nitrogens with one attached hydrogen (secondary N) is 1. The maximum atomic E-state index is 13.1. The van der Waals surface area contributed by atoms with E-state index < -0.39 is 0 Å². The minimum Gasteiger partial charge on any atom is -0.380 e. The van der Waals surface area contributed by atoms with Gasteiger partial charge in [0.2, 0.25) is 5.91 Å². The Morgan fingerprint density at radius 3 is 2.91 bits per heavy atom. The summed E-state index contributed by atoms with van der Waals surface area (Å²) < 4.78 is 5.33. The van der Waals surface area contributed by atoms with Gasteiger partial charge in [-0.25, -0.2) is 0 Å². The molecule has 4 heteroatoms. The van der Waals surface area contributed by atoms with Crippen LogP contribution >= 0.6 is 0 Å². The van der Waals surface area contributed by atoms with E-state index in [0.717, 1.165) is 64.7 Å². The van der Waals surface area contributed by atoms with Gasteiger partial charge >= 0.3 is 0 Å². The minimum atomic E-state index is -0.0795. The molecular formula is C18H28N2O2. The summed E-state index contributed by atoms with van der Waals surface area (Å²) in [6.07, 6.45) is 10.8. The number of ether oxygens (including phenoxy) is 1. The van der Waals surface area contributed by atoms with Crippen LogP contribution < -0.4 is 5.32 Å². The Balaban J connectivity index is 1.74. The topological polar surface area (TPSA) is 41.6 Å². The van der Waals surface area contributed by atoms with Gasteiger partial charge in [-0.15, -0.1) is 0 Å². The van der Waals surface area contributed by atoms with E-state index in [0.29, 0.717) is 12.5 Å². The number of carbonyl (C=O) groups excluding carboxylic acids is 1. The van der Waals surface area contributed by atoms with E-state index in [2.05, 4.69) is 22.4 Å². The number of methoxy groups -OCH3 is 1. The molecule has 0 radical (unpaired) electrons. The summed E-state index contributed by atoms with van der Waals surface area (Å²) in [5.41, 5.74) is 2.58. The summed E-state index contributed by atoms with van der Waals surface area (Å²) in [7, 11) is 1.75. The van der Waals surface area contributed by atoms with Crippen LogP contribution in [0.2, 0.25) is 0 Å². The van der Waals surface area contributed by atoms with E-state index >= 15 is 0 Å². The van der Waals surface area contributed by atoms with Crippen molar-refractivity contribution in [1.29, 1.82) is 0 Å². The fraction of sp³-hybridized carbons (Fsp3) is 0.722. The lowest BCUT2D eigenvalue weighted by molar-refractivity contribution is -0.147. The van der Waals surface area contributed by atoms with E-state index in [9.17, 15) is 4.79 Å². The van der Waals surface area contributed by atoms with Gasteiger partial charge in [-0.2, -0.15) is 0 Å². The first-order valence-corrected chi connectivity index (χ1v) is 8.62. The van der Waals surface area contributed by atoms with Crippen LogP contribution in [0, 0.1) is 5.41 Å². The quantitative estimate of drug-likeness (QED) is 0.866. The molecule has 0 aromatic carbocycles. The normalized spacial score (nSPS) is 25.1. The number of nitrogens with zero attached hydrogens (tertiary/aromatic N) is 1. The summed E-state index contributed by atoms with van der Waals surface area (Å²) in [6, 6.07) is 0. The number of carbonyl (C=O) groups is 1. The molecule has 1 amide bonds. The summed E-state index contributed by atoms with van der Waals surface area (Å²) in [6.45, 7) is 4.33. The van der Waals surface area contributed by atoms with Crippen molar-refractivity contribution in [2.45, 2.75) is 38.5 Å². The zero-order chi connectivity index (χ0) is 15.4. The maximum Gasteiger partial charge on any atom is 0.229 e. The number of rotatable bonds is 4. The second-order valence-electron chi connectivity index (χ2n) is 6.86. The SMILES string of the molecule is COCC1=C(CN2CCCC3(CCNCC3)C2=O)C=CCC1. The molecule has 1 N–H and O–H groups in total. The molecule has 1 spiro atoms. The highest BCUT2D eigenvalue weighted by atomic mass is 16.5.